The molecule has 3 nitrogen and oxygen atoms in total. The van der Waals surface area contributed by atoms with E-state index >= 15 is 0 Å². The summed E-state index contributed by atoms with van der Waals surface area (Å²) in [4.78, 5) is 0. The van der Waals surface area contributed by atoms with Crippen LogP contribution in [0.2, 0.25) is 0 Å². The van der Waals surface area contributed by atoms with Crippen LogP contribution in [-0.4, -0.2) is 22.6 Å². The molecule has 0 aliphatic heterocycles. The van der Waals surface area contributed by atoms with Gasteiger partial charge in [-0.3, -0.25) is 0 Å². The third-order valence-electron chi connectivity index (χ3n) is 0.733. The average molecular weight is 166 g/mol. The van der Waals surface area contributed by atoms with Gasteiger partial charge in [0.15, 0.2) is 5.17 Å². The molecule has 0 heterocycles. The van der Waals surface area contributed by atoms with Crippen LogP contribution in [0.4, 0.5) is 0 Å². The van der Waals surface area contributed by atoms with Crippen molar-refractivity contribution in [2.24, 2.45) is 5.16 Å². The van der Waals surface area contributed by atoms with E-state index < -0.39 is 0 Å². The maximum absolute atomic E-state index is 8.11. The van der Waals surface area contributed by atoms with Crippen LogP contribution in [-0.2, 0) is 4.74 Å². The van der Waals surface area contributed by atoms with Gasteiger partial charge in [-0.2, -0.15) is 0 Å². The van der Waals surface area contributed by atoms with Gasteiger partial charge in [0.1, 0.15) is 6.61 Å². The number of halogens is 1. The van der Waals surface area contributed by atoms with Crippen molar-refractivity contribution in [3.8, 4) is 0 Å². The summed E-state index contributed by atoms with van der Waals surface area (Å²) >= 11 is 5.35. The Balaban J connectivity index is 3.56. The number of hydrogen-bond donors (Lipinski definition) is 1. The number of oxime groups is 1. The molecule has 0 aliphatic rings. The maximum Gasteiger partial charge on any atom is 0.170 e. The second-order valence-electron chi connectivity index (χ2n) is 2.88. The maximum atomic E-state index is 8.11. The fourth-order valence-electron chi connectivity index (χ4n) is 0.305. The first-order valence-corrected chi connectivity index (χ1v) is 3.34. The lowest BCUT2D eigenvalue weighted by Crippen LogP contribution is -2.21. The largest absolute Gasteiger partial charge is 0.410 e. The van der Waals surface area contributed by atoms with Crippen molar-refractivity contribution in [1.29, 1.82) is 0 Å². The highest BCUT2D eigenvalue weighted by Crippen LogP contribution is 2.06. The van der Waals surface area contributed by atoms with Crippen LogP contribution >= 0.6 is 11.6 Å². The summed E-state index contributed by atoms with van der Waals surface area (Å²) < 4.78 is 5.16. The molecule has 0 aliphatic carbocycles. The van der Waals surface area contributed by atoms with E-state index in [4.69, 9.17) is 21.5 Å². The number of nitrogens with zero attached hydrogens (tertiary/aromatic N) is 1. The number of rotatable bonds is 2. The zero-order chi connectivity index (χ0) is 8.20. The molecule has 0 radical (unpaired) electrons. The predicted molar refractivity (Wildman–Crippen MR) is 40.8 cm³/mol. The zero-order valence-electron chi connectivity index (χ0n) is 6.39. The molecule has 0 unspecified atom stereocenters. The molecule has 4 heteroatoms. The van der Waals surface area contributed by atoms with Crippen molar-refractivity contribution < 1.29 is 9.94 Å². The highest BCUT2D eigenvalue weighted by molar-refractivity contribution is 6.65. The summed E-state index contributed by atoms with van der Waals surface area (Å²) in [6.45, 7) is 5.85. The molecule has 0 rings (SSSR count). The molecule has 0 saturated carbocycles. The molecule has 0 atom stereocenters. The summed E-state index contributed by atoms with van der Waals surface area (Å²) in [5.74, 6) is 0. The first kappa shape index (κ1) is 9.72. The summed E-state index contributed by atoms with van der Waals surface area (Å²) in [7, 11) is 0. The first-order chi connectivity index (χ1) is 4.45. The predicted octanol–water partition coefficient (Wildman–Crippen LogP) is 1.83. The third kappa shape index (κ3) is 5.85. The van der Waals surface area contributed by atoms with E-state index in [9.17, 15) is 0 Å². The zero-order valence-corrected chi connectivity index (χ0v) is 7.14. The summed E-state index contributed by atoms with van der Waals surface area (Å²) in [6.07, 6.45) is 0. The van der Waals surface area contributed by atoms with Crippen LogP contribution in [0.5, 0.6) is 0 Å². The molecule has 60 valence electrons. The lowest BCUT2D eigenvalue weighted by Gasteiger charge is -2.18. The van der Waals surface area contributed by atoms with Crippen LogP contribution in [0.25, 0.3) is 0 Å². The third-order valence-corrected chi connectivity index (χ3v) is 0.917. The normalized spacial score (nSPS) is 13.8. The van der Waals surface area contributed by atoms with E-state index in [1.54, 1.807) is 0 Å². The Kier molecular flexibility index (Phi) is 3.68. The average Bonchev–Trinajstić information content (AvgIpc) is 1.81. The standard InChI is InChI=1S/C6H12ClNO2/c1-6(2,3)10-4-5(7)8-9/h9H,4H2,1-3H3. The molecule has 0 saturated heterocycles. The van der Waals surface area contributed by atoms with Gasteiger partial charge in [0.05, 0.1) is 5.60 Å². The van der Waals surface area contributed by atoms with Gasteiger partial charge in [0, 0.05) is 0 Å². The van der Waals surface area contributed by atoms with Crippen LogP contribution in [0.3, 0.4) is 0 Å². The highest BCUT2D eigenvalue weighted by atomic mass is 35.5. The second-order valence-corrected chi connectivity index (χ2v) is 3.31. The van der Waals surface area contributed by atoms with Crippen molar-refractivity contribution in [1.82, 2.24) is 0 Å². The van der Waals surface area contributed by atoms with Crippen LogP contribution in [0.15, 0.2) is 5.16 Å². The molecule has 1 N–H and O–H groups in total. The molecule has 0 spiro atoms. The van der Waals surface area contributed by atoms with E-state index in [1.807, 2.05) is 20.8 Å². The fourth-order valence-corrected chi connectivity index (χ4v) is 0.359. The van der Waals surface area contributed by atoms with Gasteiger partial charge in [-0.05, 0) is 20.8 Å². The molecular weight excluding hydrogens is 154 g/mol. The smallest absolute Gasteiger partial charge is 0.170 e. The Morgan fingerprint density at radius 3 is 2.40 bits per heavy atom. The van der Waals surface area contributed by atoms with Gasteiger partial charge in [-0.15, -0.1) is 0 Å². The SMILES string of the molecule is CC(C)(C)OCC(Cl)=NO. The van der Waals surface area contributed by atoms with Crippen molar-refractivity contribution >= 4 is 16.8 Å². The van der Waals surface area contributed by atoms with Gasteiger partial charge in [-0.25, -0.2) is 0 Å². The first-order valence-electron chi connectivity index (χ1n) is 2.96. The molecule has 0 bridgehead atoms. The van der Waals surface area contributed by atoms with Gasteiger partial charge in [0.25, 0.3) is 0 Å². The lowest BCUT2D eigenvalue weighted by molar-refractivity contribution is 0.0214. The van der Waals surface area contributed by atoms with E-state index in [-0.39, 0.29) is 17.4 Å². The monoisotopic (exact) mass is 165 g/mol. The van der Waals surface area contributed by atoms with Crippen LogP contribution < -0.4 is 0 Å². The summed E-state index contributed by atoms with van der Waals surface area (Å²) in [5, 5.41) is 10.9. The highest BCUT2D eigenvalue weighted by Gasteiger charge is 2.10. The van der Waals surface area contributed by atoms with E-state index in [0.717, 1.165) is 0 Å². The Labute approximate surface area is 65.6 Å². The van der Waals surface area contributed by atoms with Crippen molar-refractivity contribution in [3.05, 3.63) is 0 Å². The van der Waals surface area contributed by atoms with Gasteiger partial charge < -0.3 is 9.94 Å². The lowest BCUT2D eigenvalue weighted by atomic mass is 10.2. The second kappa shape index (κ2) is 3.78. The van der Waals surface area contributed by atoms with Crippen molar-refractivity contribution in [2.75, 3.05) is 6.61 Å². The quantitative estimate of drug-likeness (QED) is 0.385. The van der Waals surface area contributed by atoms with Crippen LogP contribution in [0, 0.1) is 0 Å². The molecule has 0 aromatic heterocycles. The molecule has 0 amide bonds. The van der Waals surface area contributed by atoms with Crippen LogP contribution in [0.1, 0.15) is 20.8 Å². The molecule has 10 heavy (non-hydrogen) atoms. The minimum Gasteiger partial charge on any atom is -0.410 e. The van der Waals surface area contributed by atoms with Gasteiger partial charge in [-0.1, -0.05) is 16.8 Å². The Bertz CT molecular complexity index is 128. The Morgan fingerprint density at radius 1 is 1.60 bits per heavy atom. The Morgan fingerprint density at radius 2 is 2.10 bits per heavy atom. The van der Waals surface area contributed by atoms with E-state index in [0.29, 0.717) is 0 Å². The summed E-state index contributed by atoms with van der Waals surface area (Å²) in [6, 6.07) is 0. The Hall–Kier alpha value is -0.280. The number of ether oxygens (including phenoxy) is 1. The van der Waals surface area contributed by atoms with Gasteiger partial charge in [0.2, 0.25) is 0 Å². The summed E-state index contributed by atoms with van der Waals surface area (Å²) in [5.41, 5.74) is -0.245. The molecular formula is C6H12ClNO2. The van der Waals surface area contributed by atoms with Crippen molar-refractivity contribution in [2.45, 2.75) is 26.4 Å². The molecule has 0 fully saturated rings. The molecule has 0 aromatic rings. The van der Waals surface area contributed by atoms with E-state index in [2.05, 4.69) is 5.16 Å². The molecule has 0 aromatic carbocycles. The number of hydrogen-bond acceptors (Lipinski definition) is 3. The minimum atomic E-state index is -0.245. The fraction of sp³-hybridized carbons (Fsp3) is 0.833. The minimum absolute atomic E-state index is 0.0647. The van der Waals surface area contributed by atoms with Crippen molar-refractivity contribution in [3.63, 3.8) is 0 Å². The van der Waals surface area contributed by atoms with Gasteiger partial charge >= 0.3 is 0 Å². The topological polar surface area (TPSA) is 41.8 Å². The van der Waals surface area contributed by atoms with E-state index in [1.165, 1.54) is 0 Å².